The van der Waals surface area contributed by atoms with E-state index in [2.05, 4.69) is 0 Å². The van der Waals surface area contributed by atoms with Crippen LogP contribution in [0.5, 0.6) is 0 Å². The molecule has 1 aliphatic rings. The summed E-state index contributed by atoms with van der Waals surface area (Å²) >= 11 is 0. The van der Waals surface area contributed by atoms with E-state index in [1.165, 1.54) is 44.9 Å². The van der Waals surface area contributed by atoms with Crippen molar-refractivity contribution in [3.8, 4) is 0 Å². The maximum Gasteiger partial charge on any atom is 0.330 e. The summed E-state index contributed by atoms with van der Waals surface area (Å²) in [6, 6.07) is 0. The van der Waals surface area contributed by atoms with Gasteiger partial charge in [-0.05, 0) is 32.6 Å². The zero-order valence-corrected chi connectivity index (χ0v) is 10.4. The number of esters is 1. The summed E-state index contributed by atoms with van der Waals surface area (Å²) in [5.41, 5.74) is 0. The van der Waals surface area contributed by atoms with E-state index >= 15 is 0 Å². The van der Waals surface area contributed by atoms with E-state index in [9.17, 15) is 4.79 Å². The van der Waals surface area contributed by atoms with Gasteiger partial charge in [0, 0.05) is 6.08 Å². The molecule has 0 spiro atoms. The standard InChI is InChI=1S/C14H24O2/c1-13-11-9-7-5-3-2-4-6-8-10-12-14(15)16-13/h10,12-13H,2-9,11H2,1H3/b12-10+. The van der Waals surface area contributed by atoms with Crippen molar-refractivity contribution in [3.05, 3.63) is 12.2 Å². The molecule has 0 radical (unpaired) electrons. The van der Waals surface area contributed by atoms with Crippen LogP contribution < -0.4 is 0 Å². The van der Waals surface area contributed by atoms with E-state index in [0.717, 1.165) is 12.8 Å². The van der Waals surface area contributed by atoms with Gasteiger partial charge in [-0.25, -0.2) is 4.79 Å². The van der Waals surface area contributed by atoms with Gasteiger partial charge in [-0.3, -0.25) is 0 Å². The van der Waals surface area contributed by atoms with Crippen LogP contribution in [0.15, 0.2) is 12.2 Å². The zero-order chi connectivity index (χ0) is 11.6. The first-order valence-corrected chi connectivity index (χ1v) is 6.66. The maximum absolute atomic E-state index is 11.4. The fourth-order valence-electron chi connectivity index (χ4n) is 2.05. The van der Waals surface area contributed by atoms with Crippen LogP contribution in [0.3, 0.4) is 0 Å². The molecular formula is C14H24O2. The second kappa shape index (κ2) is 8.37. The minimum absolute atomic E-state index is 0.0695. The van der Waals surface area contributed by atoms with Crippen LogP contribution in [0, 0.1) is 0 Å². The highest BCUT2D eigenvalue weighted by Gasteiger charge is 2.06. The van der Waals surface area contributed by atoms with Crippen LogP contribution >= 0.6 is 0 Å². The quantitative estimate of drug-likeness (QED) is 0.581. The molecule has 0 fully saturated rings. The Morgan fingerprint density at radius 3 is 2.44 bits per heavy atom. The summed E-state index contributed by atoms with van der Waals surface area (Å²) in [6.45, 7) is 1.98. The summed E-state index contributed by atoms with van der Waals surface area (Å²) in [5, 5.41) is 0. The van der Waals surface area contributed by atoms with Gasteiger partial charge in [0.25, 0.3) is 0 Å². The molecule has 0 bridgehead atoms. The predicted molar refractivity (Wildman–Crippen MR) is 66.2 cm³/mol. The van der Waals surface area contributed by atoms with Crippen LogP contribution in [-0.4, -0.2) is 12.1 Å². The van der Waals surface area contributed by atoms with Crippen molar-refractivity contribution in [2.24, 2.45) is 0 Å². The number of cyclic esters (lactones) is 1. The zero-order valence-electron chi connectivity index (χ0n) is 10.4. The second-order valence-corrected chi connectivity index (χ2v) is 4.70. The predicted octanol–water partition coefficient (Wildman–Crippen LogP) is 4.00. The van der Waals surface area contributed by atoms with Gasteiger partial charge in [-0.15, -0.1) is 0 Å². The summed E-state index contributed by atoms with van der Waals surface area (Å²) in [7, 11) is 0. The topological polar surface area (TPSA) is 26.3 Å². The smallest absolute Gasteiger partial charge is 0.330 e. The molecule has 1 rings (SSSR count). The molecule has 0 saturated heterocycles. The molecule has 0 aromatic rings. The van der Waals surface area contributed by atoms with Crippen LogP contribution in [0.1, 0.15) is 64.7 Å². The second-order valence-electron chi connectivity index (χ2n) is 4.70. The van der Waals surface area contributed by atoms with E-state index in [1.54, 1.807) is 6.08 Å². The lowest BCUT2D eigenvalue weighted by atomic mass is 10.1. The normalized spacial score (nSPS) is 27.8. The third-order valence-electron chi connectivity index (χ3n) is 3.05. The summed E-state index contributed by atoms with van der Waals surface area (Å²) in [4.78, 5) is 11.4. The average molecular weight is 224 g/mol. The van der Waals surface area contributed by atoms with Gasteiger partial charge in [-0.1, -0.05) is 38.2 Å². The van der Waals surface area contributed by atoms with E-state index in [-0.39, 0.29) is 12.1 Å². The molecule has 0 amide bonds. The number of hydrogen-bond acceptors (Lipinski definition) is 2. The van der Waals surface area contributed by atoms with E-state index in [0.29, 0.717) is 0 Å². The molecule has 1 aliphatic heterocycles. The Kier molecular flexibility index (Phi) is 6.95. The van der Waals surface area contributed by atoms with Gasteiger partial charge in [0.15, 0.2) is 0 Å². The minimum atomic E-state index is -0.176. The lowest BCUT2D eigenvalue weighted by Crippen LogP contribution is -2.12. The Bertz CT molecular complexity index is 221. The SMILES string of the molecule is CC1CCCCCCCCC/C=C/C(=O)O1. The Morgan fingerprint density at radius 2 is 1.69 bits per heavy atom. The third-order valence-corrected chi connectivity index (χ3v) is 3.05. The lowest BCUT2D eigenvalue weighted by Gasteiger charge is -2.11. The van der Waals surface area contributed by atoms with Crippen LogP contribution in [0.25, 0.3) is 0 Å². The molecule has 0 aliphatic carbocycles. The van der Waals surface area contributed by atoms with Gasteiger partial charge in [0.1, 0.15) is 0 Å². The fourth-order valence-corrected chi connectivity index (χ4v) is 2.05. The van der Waals surface area contributed by atoms with Crippen molar-refractivity contribution in [2.75, 3.05) is 0 Å². The molecule has 1 heterocycles. The Morgan fingerprint density at radius 1 is 1.06 bits per heavy atom. The highest BCUT2D eigenvalue weighted by Crippen LogP contribution is 2.13. The highest BCUT2D eigenvalue weighted by molar-refractivity contribution is 5.81. The van der Waals surface area contributed by atoms with E-state index < -0.39 is 0 Å². The molecule has 0 aromatic carbocycles. The van der Waals surface area contributed by atoms with E-state index in [4.69, 9.17) is 4.74 Å². The maximum atomic E-state index is 11.4. The molecule has 16 heavy (non-hydrogen) atoms. The summed E-state index contributed by atoms with van der Waals surface area (Å²) < 4.78 is 5.27. The summed E-state index contributed by atoms with van der Waals surface area (Å²) in [6.07, 6.45) is 14.6. The monoisotopic (exact) mass is 224 g/mol. The van der Waals surface area contributed by atoms with E-state index in [1.807, 2.05) is 13.0 Å². The first-order chi connectivity index (χ1) is 7.79. The number of allylic oxidation sites excluding steroid dienone is 1. The van der Waals surface area contributed by atoms with Crippen molar-refractivity contribution in [3.63, 3.8) is 0 Å². The summed E-state index contributed by atoms with van der Waals surface area (Å²) in [5.74, 6) is -0.176. The molecule has 0 aromatic heterocycles. The number of hydrogen-bond donors (Lipinski definition) is 0. The van der Waals surface area contributed by atoms with Crippen molar-refractivity contribution in [1.29, 1.82) is 0 Å². The Balaban J connectivity index is 2.33. The van der Waals surface area contributed by atoms with Crippen molar-refractivity contribution in [1.82, 2.24) is 0 Å². The molecule has 2 heteroatoms. The molecule has 1 atom stereocenters. The van der Waals surface area contributed by atoms with Crippen LogP contribution in [0.4, 0.5) is 0 Å². The van der Waals surface area contributed by atoms with Gasteiger partial charge in [0.05, 0.1) is 6.10 Å². The molecule has 0 saturated carbocycles. The Hall–Kier alpha value is -0.790. The van der Waals surface area contributed by atoms with Crippen LogP contribution in [0.2, 0.25) is 0 Å². The Labute approximate surface area is 99.1 Å². The molecule has 1 unspecified atom stereocenters. The van der Waals surface area contributed by atoms with Gasteiger partial charge in [-0.2, -0.15) is 0 Å². The highest BCUT2D eigenvalue weighted by atomic mass is 16.5. The van der Waals surface area contributed by atoms with Crippen molar-refractivity contribution in [2.45, 2.75) is 70.8 Å². The number of carbonyl (C=O) groups excluding carboxylic acids is 1. The first-order valence-electron chi connectivity index (χ1n) is 6.66. The van der Waals surface area contributed by atoms with Gasteiger partial charge >= 0.3 is 5.97 Å². The average Bonchev–Trinajstić information content (AvgIpc) is 2.25. The molecule has 2 nitrogen and oxygen atoms in total. The fraction of sp³-hybridized carbons (Fsp3) is 0.786. The van der Waals surface area contributed by atoms with Crippen molar-refractivity contribution >= 4 is 5.97 Å². The molecule has 0 N–H and O–H groups in total. The molecular weight excluding hydrogens is 200 g/mol. The first kappa shape index (κ1) is 13.3. The lowest BCUT2D eigenvalue weighted by molar-refractivity contribution is -0.142. The number of carbonyl (C=O) groups is 1. The van der Waals surface area contributed by atoms with Gasteiger partial charge < -0.3 is 4.74 Å². The van der Waals surface area contributed by atoms with Crippen LogP contribution in [-0.2, 0) is 9.53 Å². The van der Waals surface area contributed by atoms with Crippen molar-refractivity contribution < 1.29 is 9.53 Å². The number of rotatable bonds is 0. The number of ether oxygens (including phenoxy) is 1. The largest absolute Gasteiger partial charge is 0.460 e. The minimum Gasteiger partial charge on any atom is -0.460 e. The third kappa shape index (κ3) is 6.65. The van der Waals surface area contributed by atoms with Gasteiger partial charge in [0.2, 0.25) is 0 Å². The molecule has 92 valence electrons.